The first-order chi connectivity index (χ1) is 10.9. The minimum atomic E-state index is -0.534. The zero-order valence-electron chi connectivity index (χ0n) is 13.8. The lowest BCUT2D eigenvalue weighted by molar-refractivity contribution is 0.00692. The Morgan fingerprint density at radius 1 is 0.957 bits per heavy atom. The van der Waals surface area contributed by atoms with Crippen LogP contribution < -0.4 is 4.74 Å². The molecule has 2 rings (SSSR count). The van der Waals surface area contributed by atoms with Crippen LogP contribution >= 0.6 is 0 Å². The molecule has 0 aliphatic rings. The maximum Gasteiger partial charge on any atom is 0.339 e. The van der Waals surface area contributed by atoms with Gasteiger partial charge < -0.3 is 9.47 Å². The first kappa shape index (κ1) is 16.6. The Hall–Kier alpha value is -2.73. The molecule has 0 spiro atoms. The highest BCUT2D eigenvalue weighted by molar-refractivity contribution is 5.92. The van der Waals surface area contributed by atoms with Crippen LogP contribution in [0.25, 0.3) is 0 Å². The van der Waals surface area contributed by atoms with Gasteiger partial charge in [-0.05, 0) is 57.2 Å². The molecule has 3 heteroatoms. The van der Waals surface area contributed by atoms with E-state index in [0.717, 1.165) is 11.3 Å². The van der Waals surface area contributed by atoms with E-state index in [-0.39, 0.29) is 5.97 Å². The molecule has 0 N–H and O–H groups in total. The zero-order valence-corrected chi connectivity index (χ0v) is 13.8. The van der Waals surface area contributed by atoms with Crippen LogP contribution in [0, 0.1) is 11.8 Å². The third-order valence-electron chi connectivity index (χ3n) is 2.98. The number of carbonyl (C=O) groups is 1. The molecule has 0 aliphatic carbocycles. The van der Waals surface area contributed by atoms with Gasteiger partial charge in [0.2, 0.25) is 0 Å². The van der Waals surface area contributed by atoms with Gasteiger partial charge in [0.25, 0.3) is 0 Å². The van der Waals surface area contributed by atoms with E-state index in [1.54, 1.807) is 19.2 Å². The van der Waals surface area contributed by atoms with Crippen molar-refractivity contribution in [3.63, 3.8) is 0 Å². The van der Waals surface area contributed by atoms with Crippen molar-refractivity contribution in [2.45, 2.75) is 26.4 Å². The van der Waals surface area contributed by atoms with E-state index in [1.165, 1.54) is 0 Å². The largest absolute Gasteiger partial charge is 0.497 e. The number of esters is 1. The number of carbonyl (C=O) groups excluding carboxylic acids is 1. The highest BCUT2D eigenvalue weighted by atomic mass is 16.6. The fourth-order valence-corrected chi connectivity index (χ4v) is 1.92. The Kier molecular flexibility index (Phi) is 5.08. The molecule has 3 nitrogen and oxygen atoms in total. The molecule has 118 valence electrons. The first-order valence-corrected chi connectivity index (χ1v) is 7.37. The quantitative estimate of drug-likeness (QED) is 0.620. The van der Waals surface area contributed by atoms with Crippen molar-refractivity contribution in [1.82, 2.24) is 0 Å². The third kappa shape index (κ3) is 4.89. The van der Waals surface area contributed by atoms with Crippen LogP contribution in [-0.4, -0.2) is 18.7 Å². The summed E-state index contributed by atoms with van der Waals surface area (Å²) in [7, 11) is 1.62. The monoisotopic (exact) mass is 308 g/mol. The summed E-state index contributed by atoms with van der Waals surface area (Å²) in [5.74, 6) is 6.52. The molecule has 23 heavy (non-hydrogen) atoms. The summed E-state index contributed by atoms with van der Waals surface area (Å²) in [5.41, 5.74) is 1.44. The van der Waals surface area contributed by atoms with E-state index >= 15 is 0 Å². The van der Waals surface area contributed by atoms with Crippen LogP contribution in [0.3, 0.4) is 0 Å². The van der Waals surface area contributed by atoms with Gasteiger partial charge in [-0.15, -0.1) is 0 Å². The molecule has 0 aliphatic heterocycles. The van der Waals surface area contributed by atoms with E-state index in [4.69, 9.17) is 9.47 Å². The van der Waals surface area contributed by atoms with Gasteiger partial charge in [0.1, 0.15) is 11.4 Å². The molecule has 2 aromatic carbocycles. The molecule has 2 aromatic rings. The molecule has 0 bridgehead atoms. The van der Waals surface area contributed by atoms with Gasteiger partial charge in [0, 0.05) is 11.1 Å². The highest BCUT2D eigenvalue weighted by Gasteiger charge is 2.19. The lowest BCUT2D eigenvalue weighted by Gasteiger charge is -2.19. The summed E-state index contributed by atoms with van der Waals surface area (Å²) in [6.45, 7) is 5.53. The van der Waals surface area contributed by atoms with E-state index in [1.807, 2.05) is 57.2 Å². The van der Waals surface area contributed by atoms with Crippen molar-refractivity contribution in [2.75, 3.05) is 7.11 Å². The van der Waals surface area contributed by atoms with Gasteiger partial charge in [-0.2, -0.15) is 0 Å². The second-order valence-corrected chi connectivity index (χ2v) is 6.03. The summed E-state index contributed by atoms with van der Waals surface area (Å²) in [4.78, 5) is 12.3. The molecule has 0 saturated carbocycles. The number of hydrogen-bond donors (Lipinski definition) is 0. The van der Waals surface area contributed by atoms with Crippen LogP contribution in [0.1, 0.15) is 42.3 Å². The third-order valence-corrected chi connectivity index (χ3v) is 2.98. The Morgan fingerprint density at radius 2 is 1.61 bits per heavy atom. The Labute approximate surface area is 137 Å². The normalized spacial score (nSPS) is 10.4. The summed E-state index contributed by atoms with van der Waals surface area (Å²) in [6.07, 6.45) is 0. The van der Waals surface area contributed by atoms with Gasteiger partial charge in [-0.1, -0.05) is 24.0 Å². The second kappa shape index (κ2) is 7.02. The van der Waals surface area contributed by atoms with E-state index in [0.29, 0.717) is 11.1 Å². The number of ether oxygens (including phenoxy) is 2. The van der Waals surface area contributed by atoms with Gasteiger partial charge in [-0.25, -0.2) is 4.79 Å². The topological polar surface area (TPSA) is 35.5 Å². The van der Waals surface area contributed by atoms with Gasteiger partial charge in [0.15, 0.2) is 0 Å². The fourth-order valence-electron chi connectivity index (χ4n) is 1.92. The highest BCUT2D eigenvalue weighted by Crippen LogP contribution is 2.15. The molecule has 0 radical (unpaired) electrons. The molecule has 0 heterocycles. The average molecular weight is 308 g/mol. The zero-order chi connectivity index (χ0) is 16.9. The standard InChI is InChI=1S/C20H20O3/c1-20(2,3)23-19(21)18-8-6-5-7-16(18)12-9-15-10-13-17(22-4)14-11-15/h5-8,10-11,13-14H,1-4H3. The smallest absolute Gasteiger partial charge is 0.339 e. The second-order valence-electron chi connectivity index (χ2n) is 6.03. The predicted octanol–water partition coefficient (Wildman–Crippen LogP) is 4.05. The minimum absolute atomic E-state index is 0.364. The molecule has 0 fully saturated rings. The van der Waals surface area contributed by atoms with Crippen LogP contribution in [0.15, 0.2) is 48.5 Å². The van der Waals surface area contributed by atoms with Crippen molar-refractivity contribution in [1.29, 1.82) is 0 Å². The van der Waals surface area contributed by atoms with Crippen LogP contribution in [0.4, 0.5) is 0 Å². The molecule has 0 amide bonds. The predicted molar refractivity (Wildman–Crippen MR) is 90.6 cm³/mol. The fraction of sp³-hybridized carbons (Fsp3) is 0.250. The van der Waals surface area contributed by atoms with E-state index < -0.39 is 5.60 Å². The van der Waals surface area contributed by atoms with Gasteiger partial charge >= 0.3 is 5.97 Å². The molecular formula is C20H20O3. The molecular weight excluding hydrogens is 288 g/mol. The molecule has 0 saturated heterocycles. The Morgan fingerprint density at radius 3 is 2.22 bits per heavy atom. The van der Waals surface area contributed by atoms with Crippen LogP contribution in [0.2, 0.25) is 0 Å². The van der Waals surface area contributed by atoms with Crippen molar-refractivity contribution in [2.24, 2.45) is 0 Å². The van der Waals surface area contributed by atoms with Crippen molar-refractivity contribution < 1.29 is 14.3 Å². The first-order valence-electron chi connectivity index (χ1n) is 7.37. The Bertz CT molecular complexity index is 741. The minimum Gasteiger partial charge on any atom is -0.497 e. The van der Waals surface area contributed by atoms with Crippen molar-refractivity contribution in [3.05, 3.63) is 65.2 Å². The van der Waals surface area contributed by atoms with Crippen molar-refractivity contribution >= 4 is 5.97 Å². The van der Waals surface area contributed by atoms with Crippen LogP contribution in [-0.2, 0) is 4.74 Å². The average Bonchev–Trinajstić information content (AvgIpc) is 2.52. The number of benzene rings is 2. The maximum absolute atomic E-state index is 12.3. The SMILES string of the molecule is COc1ccc(C#Cc2ccccc2C(=O)OC(C)(C)C)cc1. The van der Waals surface area contributed by atoms with Crippen molar-refractivity contribution in [3.8, 4) is 17.6 Å². The summed E-state index contributed by atoms with van der Waals surface area (Å²) in [6, 6.07) is 14.7. The van der Waals surface area contributed by atoms with Gasteiger partial charge in [-0.3, -0.25) is 0 Å². The number of hydrogen-bond acceptors (Lipinski definition) is 3. The van der Waals surface area contributed by atoms with E-state index in [2.05, 4.69) is 11.8 Å². The Balaban J connectivity index is 2.27. The van der Waals surface area contributed by atoms with E-state index in [9.17, 15) is 4.79 Å². The summed E-state index contributed by atoms with van der Waals surface area (Å²) >= 11 is 0. The maximum atomic E-state index is 12.3. The van der Waals surface area contributed by atoms with Crippen LogP contribution in [0.5, 0.6) is 5.75 Å². The summed E-state index contributed by atoms with van der Waals surface area (Å²) < 4.78 is 10.5. The lowest BCUT2D eigenvalue weighted by Crippen LogP contribution is -2.24. The summed E-state index contributed by atoms with van der Waals surface area (Å²) in [5, 5.41) is 0. The number of methoxy groups -OCH3 is 1. The number of rotatable bonds is 2. The van der Waals surface area contributed by atoms with Gasteiger partial charge in [0.05, 0.1) is 12.7 Å². The molecule has 0 atom stereocenters. The molecule has 0 unspecified atom stereocenters. The lowest BCUT2D eigenvalue weighted by atomic mass is 10.1. The molecule has 0 aromatic heterocycles.